The summed E-state index contributed by atoms with van der Waals surface area (Å²) in [6, 6.07) is 0. The third-order valence-corrected chi connectivity index (χ3v) is 2.15. The molecule has 0 aliphatic rings. The van der Waals surface area contributed by atoms with Crippen molar-refractivity contribution in [2.24, 2.45) is 16.5 Å². The lowest BCUT2D eigenvalue weighted by Gasteiger charge is -2.20. The topological polar surface area (TPSA) is 79.7 Å². The summed E-state index contributed by atoms with van der Waals surface area (Å²) in [5.74, 6) is 0.182. The van der Waals surface area contributed by atoms with Crippen LogP contribution in [0.1, 0.15) is 19.8 Å². The van der Waals surface area contributed by atoms with Crippen LogP contribution in [0.2, 0.25) is 0 Å². The van der Waals surface area contributed by atoms with Gasteiger partial charge in [0, 0.05) is 6.54 Å². The molecule has 0 atom stereocenters. The number of guanidine groups is 1. The number of hydrogen-bond donors (Lipinski definition) is 3. The van der Waals surface area contributed by atoms with Crippen LogP contribution in [0.4, 0.5) is 0 Å². The van der Waals surface area contributed by atoms with Gasteiger partial charge in [-0.1, -0.05) is 6.92 Å². The van der Waals surface area contributed by atoms with Gasteiger partial charge >= 0.3 is 0 Å². The molecular formula is C10H25N5. The van der Waals surface area contributed by atoms with Gasteiger partial charge in [-0.15, -0.1) is 0 Å². The fourth-order valence-corrected chi connectivity index (χ4v) is 1.45. The van der Waals surface area contributed by atoms with E-state index < -0.39 is 0 Å². The van der Waals surface area contributed by atoms with Crippen molar-refractivity contribution in [3.05, 3.63) is 0 Å². The molecule has 0 saturated carbocycles. The molecule has 90 valence electrons. The lowest BCUT2D eigenvalue weighted by atomic mass is 10.3. The Morgan fingerprint density at radius 3 is 2.53 bits per heavy atom. The van der Waals surface area contributed by atoms with Crippen molar-refractivity contribution in [1.82, 2.24) is 10.2 Å². The Balaban J connectivity index is 3.67. The molecule has 0 aromatic heterocycles. The highest BCUT2D eigenvalue weighted by atomic mass is 15.1. The smallest absolute Gasteiger partial charge is 0.185 e. The predicted octanol–water partition coefficient (Wildman–Crippen LogP) is -0.419. The second kappa shape index (κ2) is 9.73. The van der Waals surface area contributed by atoms with Gasteiger partial charge in [0.1, 0.15) is 0 Å². The van der Waals surface area contributed by atoms with E-state index in [1.54, 1.807) is 0 Å². The average Bonchev–Trinajstić information content (AvgIpc) is 2.17. The van der Waals surface area contributed by atoms with Crippen LogP contribution in [-0.2, 0) is 0 Å². The minimum absolute atomic E-state index is 0.182. The van der Waals surface area contributed by atoms with Crippen LogP contribution in [0, 0.1) is 0 Å². The maximum absolute atomic E-state index is 5.27. The Labute approximate surface area is 92.9 Å². The first-order valence-corrected chi connectivity index (χ1v) is 5.63. The predicted molar refractivity (Wildman–Crippen MR) is 66.0 cm³/mol. The summed E-state index contributed by atoms with van der Waals surface area (Å²) in [5.41, 5.74) is 10.5. The first-order chi connectivity index (χ1) is 7.20. The average molecular weight is 215 g/mol. The van der Waals surface area contributed by atoms with Gasteiger partial charge in [0.2, 0.25) is 0 Å². The van der Waals surface area contributed by atoms with Crippen LogP contribution in [0.15, 0.2) is 4.99 Å². The molecule has 5 N–H and O–H groups in total. The molecule has 0 amide bonds. The summed E-state index contributed by atoms with van der Waals surface area (Å²) < 4.78 is 0. The summed E-state index contributed by atoms with van der Waals surface area (Å²) in [4.78, 5) is 6.38. The molecule has 0 radical (unpaired) electrons. The van der Waals surface area contributed by atoms with Crippen molar-refractivity contribution < 1.29 is 0 Å². The molecule has 0 heterocycles. The Morgan fingerprint density at radius 1 is 1.27 bits per heavy atom. The number of rotatable bonds is 9. The van der Waals surface area contributed by atoms with E-state index in [-0.39, 0.29) is 5.96 Å². The number of nitrogens with zero attached hydrogens (tertiary/aromatic N) is 2. The normalized spacial score (nSPS) is 10.6. The Bertz CT molecular complexity index is 165. The Kier molecular flexibility index (Phi) is 9.21. The summed E-state index contributed by atoms with van der Waals surface area (Å²) in [6.45, 7) is 7.10. The second-order valence-electron chi connectivity index (χ2n) is 3.61. The highest BCUT2D eigenvalue weighted by Crippen LogP contribution is 1.93. The summed E-state index contributed by atoms with van der Waals surface area (Å²) >= 11 is 0. The minimum atomic E-state index is 0.182. The largest absolute Gasteiger partial charge is 0.370 e. The molecule has 0 aromatic carbocycles. The van der Waals surface area contributed by atoms with E-state index in [2.05, 4.69) is 22.1 Å². The number of aliphatic imine (C=N–C) groups is 1. The molecular weight excluding hydrogens is 190 g/mol. The Morgan fingerprint density at radius 2 is 2.00 bits per heavy atom. The molecule has 5 nitrogen and oxygen atoms in total. The number of hydrogen-bond acceptors (Lipinski definition) is 3. The highest BCUT2D eigenvalue weighted by Gasteiger charge is 2.01. The van der Waals surface area contributed by atoms with Gasteiger partial charge in [0.05, 0.1) is 6.54 Å². The third kappa shape index (κ3) is 9.49. The number of nitrogens with one attached hydrogen (secondary N) is 1. The molecule has 0 aromatic rings. The van der Waals surface area contributed by atoms with Gasteiger partial charge in [-0.25, -0.2) is 0 Å². The van der Waals surface area contributed by atoms with E-state index in [1.165, 1.54) is 12.8 Å². The first kappa shape index (κ1) is 14.2. The van der Waals surface area contributed by atoms with Gasteiger partial charge < -0.3 is 21.7 Å². The van der Waals surface area contributed by atoms with E-state index >= 15 is 0 Å². The monoisotopic (exact) mass is 215 g/mol. The van der Waals surface area contributed by atoms with Gasteiger partial charge in [-0.3, -0.25) is 4.99 Å². The Hall–Kier alpha value is -0.810. The van der Waals surface area contributed by atoms with E-state index in [0.717, 1.165) is 26.2 Å². The molecule has 0 bridgehead atoms. The van der Waals surface area contributed by atoms with Crippen LogP contribution >= 0.6 is 0 Å². The lowest BCUT2D eigenvalue weighted by Crippen LogP contribution is -2.31. The van der Waals surface area contributed by atoms with Crippen molar-refractivity contribution >= 4 is 5.96 Å². The van der Waals surface area contributed by atoms with Gasteiger partial charge in [0.25, 0.3) is 0 Å². The molecule has 0 aliphatic heterocycles. The summed E-state index contributed by atoms with van der Waals surface area (Å²) in [5, 5.41) is 3.15. The van der Waals surface area contributed by atoms with Crippen LogP contribution in [0.5, 0.6) is 0 Å². The second-order valence-corrected chi connectivity index (χ2v) is 3.61. The van der Waals surface area contributed by atoms with E-state index in [4.69, 9.17) is 11.5 Å². The molecule has 5 heteroatoms. The molecule has 0 fully saturated rings. The zero-order valence-electron chi connectivity index (χ0n) is 10.00. The van der Waals surface area contributed by atoms with Gasteiger partial charge in [-0.2, -0.15) is 0 Å². The summed E-state index contributed by atoms with van der Waals surface area (Å²) in [7, 11) is 1.98. The highest BCUT2D eigenvalue weighted by molar-refractivity contribution is 5.75. The van der Waals surface area contributed by atoms with Crippen LogP contribution in [0.3, 0.4) is 0 Å². The minimum Gasteiger partial charge on any atom is -0.370 e. The molecule has 0 rings (SSSR count). The zero-order valence-corrected chi connectivity index (χ0v) is 10.00. The zero-order chi connectivity index (χ0) is 11.5. The van der Waals surface area contributed by atoms with Gasteiger partial charge in [0.15, 0.2) is 5.96 Å². The van der Waals surface area contributed by atoms with Crippen LogP contribution in [-0.4, -0.2) is 50.6 Å². The standard InChI is InChI=1S/C10H25N5/c1-3-7-15(8-4-5-13-2)9-6-14-10(11)12/h13H,3-9H2,1-2H3,(H4,11,12,14). The molecule has 0 spiro atoms. The van der Waals surface area contributed by atoms with E-state index in [0.29, 0.717) is 6.54 Å². The summed E-state index contributed by atoms with van der Waals surface area (Å²) in [6.07, 6.45) is 2.33. The third-order valence-electron chi connectivity index (χ3n) is 2.15. The van der Waals surface area contributed by atoms with Crippen molar-refractivity contribution in [3.63, 3.8) is 0 Å². The number of nitrogens with two attached hydrogens (primary N) is 2. The van der Waals surface area contributed by atoms with Crippen molar-refractivity contribution in [3.8, 4) is 0 Å². The van der Waals surface area contributed by atoms with Crippen molar-refractivity contribution in [1.29, 1.82) is 0 Å². The molecule has 15 heavy (non-hydrogen) atoms. The maximum Gasteiger partial charge on any atom is 0.185 e. The van der Waals surface area contributed by atoms with Gasteiger partial charge in [-0.05, 0) is 39.5 Å². The quantitative estimate of drug-likeness (QED) is 0.277. The van der Waals surface area contributed by atoms with E-state index in [9.17, 15) is 0 Å². The van der Waals surface area contributed by atoms with Crippen LogP contribution < -0.4 is 16.8 Å². The van der Waals surface area contributed by atoms with E-state index in [1.807, 2.05) is 7.05 Å². The fourth-order valence-electron chi connectivity index (χ4n) is 1.45. The SMILES string of the molecule is CCCN(CCCNC)CCN=C(N)N. The maximum atomic E-state index is 5.27. The van der Waals surface area contributed by atoms with Crippen molar-refractivity contribution in [2.45, 2.75) is 19.8 Å². The first-order valence-electron chi connectivity index (χ1n) is 5.63. The fraction of sp³-hybridized carbons (Fsp3) is 0.900. The van der Waals surface area contributed by atoms with Crippen molar-refractivity contribution in [2.75, 3.05) is 39.8 Å². The molecule has 0 unspecified atom stereocenters. The van der Waals surface area contributed by atoms with Crippen LogP contribution in [0.25, 0.3) is 0 Å². The molecule has 0 saturated heterocycles. The molecule has 0 aliphatic carbocycles. The lowest BCUT2D eigenvalue weighted by molar-refractivity contribution is 0.278.